The van der Waals surface area contributed by atoms with E-state index in [1.807, 2.05) is 6.92 Å². The monoisotopic (exact) mass is 464 g/mol. The number of anilines is 1. The molecule has 166 valence electrons. The van der Waals surface area contributed by atoms with E-state index in [9.17, 15) is 18.0 Å². The fraction of sp³-hybridized carbons (Fsp3) is 0.364. The molecule has 0 aromatic heterocycles. The minimum Gasteiger partial charge on any atom is -0.492 e. The first-order valence-electron chi connectivity index (χ1n) is 10.1. The van der Waals surface area contributed by atoms with Gasteiger partial charge in [0, 0.05) is 24.3 Å². The molecule has 2 aromatic carbocycles. The van der Waals surface area contributed by atoms with Gasteiger partial charge in [0.25, 0.3) is 0 Å². The van der Waals surface area contributed by atoms with E-state index in [0.717, 1.165) is 0 Å². The summed E-state index contributed by atoms with van der Waals surface area (Å²) in [4.78, 5) is 24.4. The van der Waals surface area contributed by atoms with E-state index < -0.39 is 15.9 Å². The Balaban J connectivity index is 1.73. The van der Waals surface area contributed by atoms with Crippen molar-refractivity contribution in [3.8, 4) is 5.75 Å². The van der Waals surface area contributed by atoms with Gasteiger partial charge in [0.2, 0.25) is 15.9 Å². The molecule has 1 aliphatic rings. The van der Waals surface area contributed by atoms with Gasteiger partial charge in [-0.25, -0.2) is 8.42 Å². The molecule has 0 saturated carbocycles. The molecule has 0 aliphatic carbocycles. The molecule has 0 spiro atoms. The van der Waals surface area contributed by atoms with Gasteiger partial charge < -0.3 is 10.1 Å². The van der Waals surface area contributed by atoms with Crippen molar-refractivity contribution in [2.24, 2.45) is 5.92 Å². The second kappa shape index (κ2) is 9.80. The van der Waals surface area contributed by atoms with Crippen LogP contribution in [0.2, 0.25) is 5.02 Å². The highest BCUT2D eigenvalue weighted by molar-refractivity contribution is 7.89. The Labute approximate surface area is 187 Å². The van der Waals surface area contributed by atoms with E-state index >= 15 is 0 Å². The van der Waals surface area contributed by atoms with Crippen molar-refractivity contribution >= 4 is 39.0 Å². The smallest absolute Gasteiger partial charge is 0.243 e. The standard InChI is InChI=1S/C22H25ClN2O5S/c1-3-30-21-10-9-19(13-20(21)23)31(28,29)25-11-5-7-17(14-25)22(27)24-18-8-4-6-16(12-18)15(2)26/h4,6,8-10,12-13,17H,3,5,7,11,14H2,1-2H3,(H,24,27)/t17-/m0/s1. The lowest BCUT2D eigenvalue weighted by atomic mass is 9.98. The molecular formula is C22H25ClN2O5S. The van der Waals surface area contributed by atoms with Crippen molar-refractivity contribution in [1.82, 2.24) is 4.31 Å². The van der Waals surface area contributed by atoms with E-state index in [-0.39, 0.29) is 28.2 Å². The fourth-order valence-corrected chi connectivity index (χ4v) is 5.35. The molecule has 1 atom stereocenters. The summed E-state index contributed by atoms with van der Waals surface area (Å²) in [5, 5.41) is 3.02. The predicted octanol–water partition coefficient (Wildman–Crippen LogP) is 3.98. The molecule has 1 N–H and O–H groups in total. The number of amides is 1. The summed E-state index contributed by atoms with van der Waals surface area (Å²) in [5.74, 6) is -0.445. The molecular weight excluding hydrogens is 440 g/mol. The number of Topliss-reactive ketones (excluding diaryl/α,β-unsaturated/α-hetero) is 1. The van der Waals surface area contributed by atoms with E-state index in [4.69, 9.17) is 16.3 Å². The van der Waals surface area contributed by atoms with Crippen LogP contribution < -0.4 is 10.1 Å². The van der Waals surface area contributed by atoms with Gasteiger partial charge in [-0.05, 0) is 57.0 Å². The zero-order valence-corrected chi connectivity index (χ0v) is 19.0. The van der Waals surface area contributed by atoms with Crippen LogP contribution in [0.3, 0.4) is 0 Å². The second-order valence-electron chi connectivity index (χ2n) is 7.35. The van der Waals surface area contributed by atoms with Crippen LogP contribution in [0.25, 0.3) is 0 Å². The highest BCUT2D eigenvalue weighted by atomic mass is 35.5. The Hall–Kier alpha value is -2.42. The van der Waals surface area contributed by atoms with Gasteiger partial charge in [0.05, 0.1) is 22.4 Å². The van der Waals surface area contributed by atoms with Crippen molar-refractivity contribution in [3.63, 3.8) is 0 Å². The summed E-state index contributed by atoms with van der Waals surface area (Å²) >= 11 is 6.16. The summed E-state index contributed by atoms with van der Waals surface area (Å²) in [7, 11) is -3.80. The lowest BCUT2D eigenvalue weighted by Crippen LogP contribution is -2.43. The highest BCUT2D eigenvalue weighted by Gasteiger charge is 2.33. The first-order chi connectivity index (χ1) is 14.7. The van der Waals surface area contributed by atoms with Crippen molar-refractivity contribution in [2.75, 3.05) is 25.0 Å². The van der Waals surface area contributed by atoms with Gasteiger partial charge in [-0.2, -0.15) is 4.31 Å². The van der Waals surface area contributed by atoms with E-state index in [0.29, 0.717) is 43.0 Å². The van der Waals surface area contributed by atoms with Gasteiger partial charge in [-0.15, -0.1) is 0 Å². The number of nitrogens with zero attached hydrogens (tertiary/aromatic N) is 1. The van der Waals surface area contributed by atoms with E-state index in [2.05, 4.69) is 5.32 Å². The summed E-state index contributed by atoms with van der Waals surface area (Å²) < 4.78 is 32.9. The third kappa shape index (κ3) is 5.44. The van der Waals surface area contributed by atoms with Gasteiger partial charge in [-0.3, -0.25) is 9.59 Å². The van der Waals surface area contributed by atoms with Crippen LogP contribution in [0.4, 0.5) is 5.69 Å². The molecule has 1 heterocycles. The highest BCUT2D eigenvalue weighted by Crippen LogP contribution is 2.30. The fourth-order valence-electron chi connectivity index (χ4n) is 3.50. The zero-order valence-electron chi connectivity index (χ0n) is 17.4. The topological polar surface area (TPSA) is 92.8 Å². The lowest BCUT2D eigenvalue weighted by Gasteiger charge is -2.31. The van der Waals surface area contributed by atoms with Crippen molar-refractivity contribution in [2.45, 2.75) is 31.6 Å². The Morgan fingerprint density at radius 2 is 2.00 bits per heavy atom. The minimum absolute atomic E-state index is 0.0659. The van der Waals surface area contributed by atoms with Crippen LogP contribution in [0.5, 0.6) is 5.75 Å². The third-order valence-electron chi connectivity index (χ3n) is 5.13. The van der Waals surface area contributed by atoms with Crippen LogP contribution in [0, 0.1) is 5.92 Å². The number of ether oxygens (including phenoxy) is 1. The summed E-state index contributed by atoms with van der Waals surface area (Å²) in [6, 6.07) is 11.1. The van der Waals surface area contributed by atoms with Crippen LogP contribution in [-0.2, 0) is 14.8 Å². The number of piperidine rings is 1. The molecule has 31 heavy (non-hydrogen) atoms. The predicted molar refractivity (Wildman–Crippen MR) is 119 cm³/mol. The van der Waals surface area contributed by atoms with Crippen molar-refractivity contribution < 1.29 is 22.7 Å². The number of benzene rings is 2. The average molecular weight is 465 g/mol. The molecule has 9 heteroatoms. The second-order valence-corrected chi connectivity index (χ2v) is 9.70. The number of nitrogens with one attached hydrogen (secondary N) is 1. The molecule has 1 saturated heterocycles. The minimum atomic E-state index is -3.80. The normalized spacial score (nSPS) is 17.2. The molecule has 3 rings (SSSR count). The van der Waals surface area contributed by atoms with Gasteiger partial charge in [0.15, 0.2) is 5.78 Å². The molecule has 7 nitrogen and oxygen atoms in total. The molecule has 2 aromatic rings. The van der Waals surface area contributed by atoms with Crippen LogP contribution in [0.15, 0.2) is 47.4 Å². The quantitative estimate of drug-likeness (QED) is 0.625. The Bertz CT molecular complexity index is 1090. The first-order valence-corrected chi connectivity index (χ1v) is 11.9. The van der Waals surface area contributed by atoms with Crippen molar-refractivity contribution in [1.29, 1.82) is 0 Å². The Morgan fingerprint density at radius 1 is 1.23 bits per heavy atom. The first kappa shape index (κ1) is 23.2. The largest absolute Gasteiger partial charge is 0.492 e. The Morgan fingerprint density at radius 3 is 2.68 bits per heavy atom. The summed E-state index contributed by atoms with van der Waals surface area (Å²) in [5.41, 5.74) is 1.01. The number of sulfonamides is 1. The molecule has 0 radical (unpaired) electrons. The van der Waals surface area contributed by atoms with Crippen LogP contribution in [0.1, 0.15) is 37.0 Å². The summed E-state index contributed by atoms with van der Waals surface area (Å²) in [6.07, 6.45) is 1.14. The van der Waals surface area contributed by atoms with Crippen molar-refractivity contribution in [3.05, 3.63) is 53.1 Å². The maximum Gasteiger partial charge on any atom is 0.243 e. The number of hydrogen-bond donors (Lipinski definition) is 1. The van der Waals surface area contributed by atoms with Crippen LogP contribution >= 0.6 is 11.6 Å². The number of halogens is 1. The number of carbonyl (C=O) groups is 2. The van der Waals surface area contributed by atoms with Gasteiger partial charge in [0.1, 0.15) is 5.75 Å². The molecule has 1 amide bonds. The maximum absolute atomic E-state index is 13.1. The molecule has 0 unspecified atom stereocenters. The lowest BCUT2D eigenvalue weighted by molar-refractivity contribution is -0.120. The molecule has 1 aliphatic heterocycles. The number of carbonyl (C=O) groups excluding carboxylic acids is 2. The Kier molecular flexibility index (Phi) is 7.35. The SMILES string of the molecule is CCOc1ccc(S(=O)(=O)N2CCC[C@H](C(=O)Nc3cccc(C(C)=O)c3)C2)cc1Cl. The average Bonchev–Trinajstić information content (AvgIpc) is 2.75. The number of hydrogen-bond acceptors (Lipinski definition) is 5. The van der Waals surface area contributed by atoms with Gasteiger partial charge >= 0.3 is 0 Å². The third-order valence-corrected chi connectivity index (χ3v) is 7.29. The summed E-state index contributed by atoms with van der Waals surface area (Å²) in [6.45, 7) is 4.10. The number of ketones is 1. The maximum atomic E-state index is 13.1. The molecule has 1 fully saturated rings. The number of rotatable bonds is 7. The van der Waals surface area contributed by atoms with Gasteiger partial charge in [-0.1, -0.05) is 23.7 Å². The van der Waals surface area contributed by atoms with E-state index in [1.54, 1.807) is 24.3 Å². The zero-order chi connectivity index (χ0) is 22.6. The molecule has 0 bridgehead atoms. The van der Waals surface area contributed by atoms with Crippen LogP contribution in [-0.4, -0.2) is 44.1 Å². The van der Waals surface area contributed by atoms with E-state index in [1.165, 1.54) is 29.4 Å².